The molecule has 1 N–H and O–H groups in total. The number of hydrogen-bond donors (Lipinski definition) is 1. The molecule has 0 aromatic carbocycles. The van der Waals surface area contributed by atoms with Gasteiger partial charge in [-0.05, 0) is 24.3 Å². The fourth-order valence-corrected chi connectivity index (χ4v) is 3.14. The number of amides is 2. The lowest BCUT2D eigenvalue weighted by Crippen LogP contribution is -2.46. The summed E-state index contributed by atoms with van der Waals surface area (Å²) >= 11 is 4.77. The van der Waals surface area contributed by atoms with Crippen molar-refractivity contribution in [2.45, 2.75) is 25.3 Å². The van der Waals surface area contributed by atoms with Gasteiger partial charge in [0, 0.05) is 22.4 Å². The Morgan fingerprint density at radius 3 is 3.00 bits per heavy atom. The van der Waals surface area contributed by atoms with Crippen LogP contribution >= 0.6 is 27.3 Å². The van der Waals surface area contributed by atoms with Gasteiger partial charge in [-0.3, -0.25) is 9.59 Å². The number of carbonyl (C=O) groups excluding carboxylic acids is 2. The molecule has 0 aliphatic carbocycles. The Labute approximate surface area is 131 Å². The molecule has 2 amide bonds. The molecule has 0 radical (unpaired) electrons. The summed E-state index contributed by atoms with van der Waals surface area (Å²) in [7, 11) is 0. The summed E-state index contributed by atoms with van der Waals surface area (Å²) in [5, 5.41) is 4.75. The average molecular weight is 357 g/mol. The van der Waals surface area contributed by atoms with Crippen molar-refractivity contribution in [2.75, 3.05) is 13.1 Å². The maximum absolute atomic E-state index is 12.3. The number of nitrogens with zero attached hydrogens (tertiary/aromatic N) is 1. The summed E-state index contributed by atoms with van der Waals surface area (Å²) in [5.41, 5.74) is 0. The van der Waals surface area contributed by atoms with Crippen LogP contribution in [0.15, 0.2) is 28.6 Å². The van der Waals surface area contributed by atoms with Gasteiger partial charge in [0.15, 0.2) is 0 Å². The Bertz CT molecular complexity index is 501. The fourth-order valence-electron chi connectivity index (χ4n) is 2.30. The van der Waals surface area contributed by atoms with Crippen molar-refractivity contribution in [3.8, 4) is 0 Å². The molecule has 4 nitrogen and oxygen atoms in total. The molecule has 1 fully saturated rings. The third-order valence-corrected chi connectivity index (χ3v) is 4.39. The Hall–Kier alpha value is -1.14. The second-order valence-corrected chi connectivity index (χ2v) is 6.89. The lowest BCUT2D eigenvalue weighted by atomic mass is 10.2. The lowest BCUT2D eigenvalue weighted by Gasteiger charge is -2.23. The quantitative estimate of drug-likeness (QED) is 0.879. The van der Waals surface area contributed by atoms with Crippen molar-refractivity contribution in [1.29, 1.82) is 0 Å². The van der Waals surface area contributed by atoms with Gasteiger partial charge in [-0.1, -0.05) is 28.6 Å². The summed E-state index contributed by atoms with van der Waals surface area (Å²) in [6.45, 7) is 4.74. The minimum Gasteiger partial charge on any atom is -0.350 e. The van der Waals surface area contributed by atoms with E-state index in [9.17, 15) is 9.59 Å². The second kappa shape index (κ2) is 7.04. The van der Waals surface area contributed by atoms with E-state index in [1.165, 1.54) is 0 Å². The summed E-state index contributed by atoms with van der Waals surface area (Å²) in [4.78, 5) is 27.1. The van der Waals surface area contributed by atoms with Crippen molar-refractivity contribution in [3.63, 3.8) is 0 Å². The van der Waals surface area contributed by atoms with Crippen LogP contribution in [0.25, 0.3) is 0 Å². The molecule has 1 atom stereocenters. The van der Waals surface area contributed by atoms with E-state index in [1.807, 2.05) is 17.5 Å². The molecular weight excluding hydrogens is 340 g/mol. The molecule has 1 aromatic heterocycles. The lowest BCUT2D eigenvalue weighted by molar-refractivity contribution is -0.137. The van der Waals surface area contributed by atoms with Crippen LogP contribution in [0.2, 0.25) is 0 Å². The van der Waals surface area contributed by atoms with E-state index in [1.54, 1.807) is 16.2 Å². The first kappa shape index (κ1) is 15.3. The number of likely N-dealkylation sites (tertiary alicyclic amines) is 1. The highest BCUT2D eigenvalue weighted by atomic mass is 79.9. The molecule has 0 saturated carbocycles. The van der Waals surface area contributed by atoms with Crippen molar-refractivity contribution in [1.82, 2.24) is 10.2 Å². The van der Waals surface area contributed by atoms with Crippen LogP contribution in [0, 0.1) is 0 Å². The van der Waals surface area contributed by atoms with Gasteiger partial charge in [-0.2, -0.15) is 0 Å². The maximum Gasteiger partial charge on any atom is 0.243 e. The molecule has 20 heavy (non-hydrogen) atoms. The Kier molecular flexibility index (Phi) is 5.37. The molecule has 1 aromatic rings. The number of rotatable bonds is 5. The van der Waals surface area contributed by atoms with Crippen LogP contribution in [-0.4, -0.2) is 35.8 Å². The molecule has 0 spiro atoms. The number of nitrogens with one attached hydrogen (secondary N) is 1. The average Bonchev–Trinajstić information content (AvgIpc) is 3.05. The second-order valence-electron chi connectivity index (χ2n) is 4.74. The van der Waals surface area contributed by atoms with E-state index in [-0.39, 0.29) is 17.9 Å². The largest absolute Gasteiger partial charge is 0.350 e. The monoisotopic (exact) mass is 356 g/mol. The van der Waals surface area contributed by atoms with Gasteiger partial charge in [0.25, 0.3) is 0 Å². The molecule has 2 rings (SSSR count). The van der Waals surface area contributed by atoms with Crippen molar-refractivity contribution < 1.29 is 9.59 Å². The SMILES string of the molecule is C=C(Br)CNC(=O)C1CCCN1C(=O)Cc1cccs1. The van der Waals surface area contributed by atoms with E-state index >= 15 is 0 Å². The Morgan fingerprint density at radius 1 is 1.55 bits per heavy atom. The van der Waals surface area contributed by atoms with Gasteiger partial charge < -0.3 is 10.2 Å². The standard InChI is InChI=1S/C14H17BrN2O2S/c1-10(15)9-16-14(19)12-5-2-6-17(12)13(18)8-11-4-3-7-20-11/h3-4,7,12H,1-2,5-6,8-9H2,(H,16,19). The first-order chi connectivity index (χ1) is 9.58. The third kappa shape index (κ3) is 3.93. The van der Waals surface area contributed by atoms with E-state index in [4.69, 9.17) is 0 Å². The predicted molar refractivity (Wildman–Crippen MR) is 83.8 cm³/mol. The first-order valence-electron chi connectivity index (χ1n) is 6.51. The van der Waals surface area contributed by atoms with E-state index in [0.717, 1.165) is 22.2 Å². The minimum atomic E-state index is -0.339. The highest BCUT2D eigenvalue weighted by molar-refractivity contribution is 9.11. The number of hydrogen-bond acceptors (Lipinski definition) is 3. The van der Waals surface area contributed by atoms with Crippen LogP contribution in [0.5, 0.6) is 0 Å². The van der Waals surface area contributed by atoms with Crippen LogP contribution < -0.4 is 5.32 Å². The van der Waals surface area contributed by atoms with Gasteiger partial charge >= 0.3 is 0 Å². The molecule has 0 bridgehead atoms. The zero-order valence-corrected chi connectivity index (χ0v) is 13.5. The Balaban J connectivity index is 1.94. The highest BCUT2D eigenvalue weighted by Gasteiger charge is 2.33. The topological polar surface area (TPSA) is 49.4 Å². The van der Waals surface area contributed by atoms with E-state index < -0.39 is 0 Å². The molecule has 1 aliphatic heterocycles. The Morgan fingerprint density at radius 2 is 2.35 bits per heavy atom. The highest BCUT2D eigenvalue weighted by Crippen LogP contribution is 2.20. The van der Waals surface area contributed by atoms with Gasteiger partial charge in [0.1, 0.15) is 6.04 Å². The molecule has 6 heteroatoms. The van der Waals surface area contributed by atoms with Gasteiger partial charge in [-0.15, -0.1) is 11.3 Å². The summed E-state index contributed by atoms with van der Waals surface area (Å²) < 4.78 is 0.723. The molecule has 1 unspecified atom stereocenters. The summed E-state index contributed by atoms with van der Waals surface area (Å²) in [6, 6.07) is 3.54. The number of halogens is 1. The van der Waals surface area contributed by atoms with Crippen LogP contribution in [0.1, 0.15) is 17.7 Å². The van der Waals surface area contributed by atoms with Gasteiger partial charge in [-0.25, -0.2) is 0 Å². The molecule has 1 saturated heterocycles. The van der Waals surface area contributed by atoms with Crippen LogP contribution in [0.3, 0.4) is 0 Å². The van der Waals surface area contributed by atoms with Crippen molar-refractivity contribution >= 4 is 39.1 Å². The predicted octanol–water partition coefficient (Wildman–Crippen LogP) is 2.31. The molecular formula is C14H17BrN2O2S. The van der Waals surface area contributed by atoms with Gasteiger partial charge in [0.05, 0.1) is 6.42 Å². The van der Waals surface area contributed by atoms with E-state index in [0.29, 0.717) is 19.5 Å². The zero-order valence-electron chi connectivity index (χ0n) is 11.1. The van der Waals surface area contributed by atoms with Crippen molar-refractivity contribution in [2.24, 2.45) is 0 Å². The van der Waals surface area contributed by atoms with Crippen LogP contribution in [0.4, 0.5) is 0 Å². The van der Waals surface area contributed by atoms with Crippen LogP contribution in [-0.2, 0) is 16.0 Å². The summed E-state index contributed by atoms with van der Waals surface area (Å²) in [6.07, 6.45) is 1.99. The third-order valence-electron chi connectivity index (χ3n) is 3.24. The smallest absolute Gasteiger partial charge is 0.243 e. The first-order valence-corrected chi connectivity index (χ1v) is 8.18. The number of thiophene rings is 1. The molecule has 1 aliphatic rings. The van der Waals surface area contributed by atoms with Gasteiger partial charge in [0.2, 0.25) is 11.8 Å². The fraction of sp³-hybridized carbons (Fsp3) is 0.429. The number of carbonyl (C=O) groups is 2. The summed E-state index contributed by atoms with van der Waals surface area (Å²) in [5.74, 6) is -0.0644. The molecule has 2 heterocycles. The zero-order chi connectivity index (χ0) is 14.5. The normalized spacial score (nSPS) is 18.1. The van der Waals surface area contributed by atoms with Crippen molar-refractivity contribution in [3.05, 3.63) is 33.5 Å². The minimum absolute atomic E-state index is 0.0303. The van der Waals surface area contributed by atoms with E-state index in [2.05, 4.69) is 27.8 Å². The molecule has 108 valence electrons. The maximum atomic E-state index is 12.3.